The van der Waals surface area contributed by atoms with Crippen LogP contribution in [0.4, 0.5) is 5.82 Å². The number of nitrogens with one attached hydrogen (secondary N) is 1. The van der Waals surface area contributed by atoms with Crippen molar-refractivity contribution in [3.63, 3.8) is 0 Å². The molecule has 6 nitrogen and oxygen atoms in total. The Hall–Kier alpha value is -2.11. The van der Waals surface area contributed by atoms with Gasteiger partial charge in [0, 0.05) is 37.0 Å². The van der Waals surface area contributed by atoms with Gasteiger partial charge >= 0.3 is 0 Å². The lowest BCUT2D eigenvalue weighted by atomic mass is 9.94. The summed E-state index contributed by atoms with van der Waals surface area (Å²) in [4.78, 5) is 10.7. The third kappa shape index (κ3) is 2.74. The fraction of sp³-hybridized carbons (Fsp3) is 0.500. The van der Waals surface area contributed by atoms with E-state index in [1.54, 1.807) is 6.33 Å². The van der Waals surface area contributed by atoms with Crippen LogP contribution in [0.2, 0.25) is 0 Å². The second-order valence-electron chi connectivity index (χ2n) is 4.92. The molecular weight excluding hydrogens is 254 g/mol. The van der Waals surface area contributed by atoms with Crippen LogP contribution >= 0.6 is 0 Å². The molecule has 0 bridgehead atoms. The van der Waals surface area contributed by atoms with E-state index in [-0.39, 0.29) is 0 Å². The van der Waals surface area contributed by atoms with Crippen molar-refractivity contribution in [2.24, 2.45) is 0 Å². The normalized spacial score (nSPS) is 16.4. The summed E-state index contributed by atoms with van der Waals surface area (Å²) in [7, 11) is 0. The molecule has 1 fully saturated rings. The van der Waals surface area contributed by atoms with Gasteiger partial charge in [-0.1, -0.05) is 0 Å². The van der Waals surface area contributed by atoms with Crippen molar-refractivity contribution >= 4 is 5.82 Å². The smallest absolute Gasteiger partial charge is 0.218 e. The average molecular weight is 273 g/mol. The quantitative estimate of drug-likeness (QED) is 0.922. The maximum atomic E-state index is 5.43. The van der Waals surface area contributed by atoms with Crippen molar-refractivity contribution in [1.29, 1.82) is 0 Å². The van der Waals surface area contributed by atoms with Crippen molar-refractivity contribution in [1.82, 2.24) is 20.2 Å². The van der Waals surface area contributed by atoms with Crippen molar-refractivity contribution < 1.29 is 4.74 Å². The van der Waals surface area contributed by atoms with Gasteiger partial charge in [0.25, 0.3) is 0 Å². The van der Waals surface area contributed by atoms with Gasteiger partial charge in [0.2, 0.25) is 5.88 Å². The van der Waals surface area contributed by atoms with Gasteiger partial charge in [-0.15, -0.1) is 0 Å². The summed E-state index contributed by atoms with van der Waals surface area (Å²) >= 11 is 0. The average Bonchev–Trinajstić information content (AvgIpc) is 3.02. The lowest BCUT2D eigenvalue weighted by Gasteiger charge is -2.32. The third-order valence-electron chi connectivity index (χ3n) is 3.70. The maximum absolute atomic E-state index is 5.43. The zero-order valence-electron chi connectivity index (χ0n) is 11.6. The molecule has 1 aliphatic heterocycles. The predicted molar refractivity (Wildman–Crippen MR) is 76.0 cm³/mol. The van der Waals surface area contributed by atoms with Crippen LogP contribution in [-0.4, -0.2) is 39.9 Å². The minimum atomic E-state index is 0.571. The highest BCUT2D eigenvalue weighted by Gasteiger charge is 2.22. The molecule has 0 aliphatic carbocycles. The number of hydrogen-bond acceptors (Lipinski definition) is 5. The zero-order valence-corrected chi connectivity index (χ0v) is 11.6. The second-order valence-corrected chi connectivity index (χ2v) is 4.92. The maximum Gasteiger partial charge on any atom is 0.218 e. The predicted octanol–water partition coefficient (Wildman–Crippen LogP) is 1.98. The van der Waals surface area contributed by atoms with Crippen LogP contribution in [0, 0.1) is 0 Å². The molecular formula is C14H19N5O. The van der Waals surface area contributed by atoms with Crippen LogP contribution in [0.5, 0.6) is 5.88 Å². The Morgan fingerprint density at radius 2 is 2.20 bits per heavy atom. The highest BCUT2D eigenvalue weighted by molar-refractivity contribution is 5.41. The summed E-state index contributed by atoms with van der Waals surface area (Å²) in [6.45, 7) is 4.56. The van der Waals surface area contributed by atoms with Gasteiger partial charge in [-0.05, 0) is 25.8 Å². The Morgan fingerprint density at radius 1 is 1.35 bits per heavy atom. The zero-order chi connectivity index (χ0) is 13.8. The number of hydrogen-bond donors (Lipinski definition) is 1. The molecule has 0 atom stereocenters. The molecule has 0 aromatic carbocycles. The van der Waals surface area contributed by atoms with Gasteiger partial charge in [0.05, 0.1) is 6.61 Å². The second kappa shape index (κ2) is 5.90. The summed E-state index contributed by atoms with van der Waals surface area (Å²) in [5.74, 6) is 2.17. The number of anilines is 1. The Balaban J connectivity index is 1.64. The highest BCUT2D eigenvalue weighted by atomic mass is 16.5. The Morgan fingerprint density at radius 3 is 2.90 bits per heavy atom. The molecule has 0 amide bonds. The molecule has 0 unspecified atom stereocenters. The van der Waals surface area contributed by atoms with Gasteiger partial charge in [0.1, 0.15) is 12.1 Å². The minimum Gasteiger partial charge on any atom is -0.478 e. The van der Waals surface area contributed by atoms with E-state index < -0.39 is 0 Å². The van der Waals surface area contributed by atoms with E-state index in [4.69, 9.17) is 4.74 Å². The first-order valence-corrected chi connectivity index (χ1v) is 7.06. The lowest BCUT2D eigenvalue weighted by Crippen LogP contribution is -2.33. The third-order valence-corrected chi connectivity index (χ3v) is 3.70. The van der Waals surface area contributed by atoms with Crippen molar-refractivity contribution in [2.75, 3.05) is 24.6 Å². The minimum absolute atomic E-state index is 0.571. The molecule has 0 saturated carbocycles. The van der Waals surface area contributed by atoms with E-state index in [1.807, 2.05) is 19.2 Å². The van der Waals surface area contributed by atoms with Crippen molar-refractivity contribution in [3.8, 4) is 5.88 Å². The molecule has 0 spiro atoms. The number of aromatic amines is 1. The van der Waals surface area contributed by atoms with Gasteiger partial charge in [-0.2, -0.15) is 5.10 Å². The summed E-state index contributed by atoms with van der Waals surface area (Å²) < 4.78 is 5.43. The van der Waals surface area contributed by atoms with Crippen LogP contribution < -0.4 is 9.64 Å². The number of H-pyrrole nitrogens is 1. The summed E-state index contributed by atoms with van der Waals surface area (Å²) in [6.07, 6.45) is 5.61. The monoisotopic (exact) mass is 273 g/mol. The lowest BCUT2D eigenvalue weighted by molar-refractivity contribution is 0.326. The van der Waals surface area contributed by atoms with E-state index >= 15 is 0 Å². The van der Waals surface area contributed by atoms with Crippen LogP contribution in [0.15, 0.2) is 24.7 Å². The van der Waals surface area contributed by atoms with Gasteiger partial charge < -0.3 is 9.64 Å². The van der Waals surface area contributed by atoms with Crippen LogP contribution in [0.1, 0.15) is 31.4 Å². The van der Waals surface area contributed by atoms with Crippen molar-refractivity contribution in [3.05, 3.63) is 30.4 Å². The molecule has 2 aromatic heterocycles. The van der Waals surface area contributed by atoms with Crippen LogP contribution in [0.25, 0.3) is 0 Å². The number of aromatic nitrogens is 4. The molecule has 3 heterocycles. The fourth-order valence-corrected chi connectivity index (χ4v) is 2.64. The highest BCUT2D eigenvalue weighted by Crippen LogP contribution is 2.29. The van der Waals surface area contributed by atoms with Crippen LogP contribution in [0.3, 0.4) is 0 Å². The Kier molecular flexibility index (Phi) is 3.80. The summed E-state index contributed by atoms with van der Waals surface area (Å²) in [6, 6.07) is 3.98. The molecule has 20 heavy (non-hydrogen) atoms. The molecule has 1 aliphatic rings. The topological polar surface area (TPSA) is 66.9 Å². The fourth-order valence-electron chi connectivity index (χ4n) is 2.64. The van der Waals surface area contributed by atoms with Gasteiger partial charge in [-0.25, -0.2) is 9.97 Å². The van der Waals surface area contributed by atoms with Crippen LogP contribution in [-0.2, 0) is 0 Å². The van der Waals surface area contributed by atoms with E-state index in [0.717, 1.165) is 31.7 Å². The Bertz CT molecular complexity index is 534. The summed E-state index contributed by atoms with van der Waals surface area (Å²) in [5, 5.41) is 7.10. The SMILES string of the molecule is CCOc1cc(N2CCC(c3ccn[nH]3)CC2)ncn1. The molecule has 1 saturated heterocycles. The molecule has 2 aromatic rings. The van der Waals surface area contributed by atoms with E-state index in [0.29, 0.717) is 18.4 Å². The van der Waals surface area contributed by atoms with E-state index in [9.17, 15) is 0 Å². The number of rotatable bonds is 4. The molecule has 106 valence electrons. The standard InChI is InChI=1S/C14H19N5O/c1-2-20-14-9-13(15-10-16-14)19-7-4-11(5-8-19)12-3-6-17-18-12/h3,6,9-11H,2,4-5,7-8H2,1H3,(H,17,18). The molecule has 0 radical (unpaired) electrons. The first-order chi connectivity index (χ1) is 9.86. The largest absolute Gasteiger partial charge is 0.478 e. The van der Waals surface area contributed by atoms with Crippen molar-refractivity contribution in [2.45, 2.75) is 25.7 Å². The summed E-state index contributed by atoms with van der Waals surface area (Å²) in [5.41, 5.74) is 1.24. The number of nitrogens with zero attached hydrogens (tertiary/aromatic N) is 4. The van der Waals surface area contributed by atoms with Gasteiger partial charge in [0.15, 0.2) is 0 Å². The van der Waals surface area contributed by atoms with Gasteiger partial charge in [-0.3, -0.25) is 5.10 Å². The molecule has 1 N–H and O–H groups in total. The molecule has 3 rings (SSSR count). The van der Waals surface area contributed by atoms with E-state index in [2.05, 4.69) is 31.1 Å². The number of piperidine rings is 1. The van der Waals surface area contributed by atoms with E-state index in [1.165, 1.54) is 5.69 Å². The first-order valence-electron chi connectivity index (χ1n) is 7.06. The molecule has 6 heteroatoms. The Labute approximate surface area is 118 Å². The number of ether oxygens (including phenoxy) is 1. The first kappa shape index (κ1) is 12.9.